The van der Waals surface area contributed by atoms with Gasteiger partial charge in [0.05, 0.1) is 11.6 Å². The summed E-state index contributed by atoms with van der Waals surface area (Å²) < 4.78 is 4.84. The molecule has 1 amide bonds. The summed E-state index contributed by atoms with van der Waals surface area (Å²) in [4.78, 5) is 17.5. The highest BCUT2D eigenvalue weighted by Crippen LogP contribution is 2.05. The topological polar surface area (TPSA) is 68.5 Å². The highest BCUT2D eigenvalue weighted by atomic mass is 35.5. The minimum Gasteiger partial charge on any atom is -0.383 e. The van der Waals surface area contributed by atoms with Gasteiger partial charge in [0.15, 0.2) is 0 Å². The second-order valence-corrected chi connectivity index (χ2v) is 4.48. The fourth-order valence-electron chi connectivity index (χ4n) is 1.28. The Morgan fingerprint density at radius 3 is 2.94 bits per heavy atom. The third-order valence-corrected chi connectivity index (χ3v) is 3.02. The lowest BCUT2D eigenvalue weighted by Crippen LogP contribution is -2.45. The molecule has 5 nitrogen and oxygen atoms in total. The number of halogens is 1. The number of amides is 1. The van der Waals surface area contributed by atoms with Crippen LogP contribution in [0, 0.1) is 0 Å². The van der Waals surface area contributed by atoms with Gasteiger partial charge in [0.2, 0.25) is 5.91 Å². The van der Waals surface area contributed by atoms with E-state index in [4.69, 9.17) is 10.5 Å². The second-order valence-electron chi connectivity index (χ2n) is 3.50. The Hall–Kier alpha value is -0.690. The maximum atomic E-state index is 11.7. The molecule has 17 heavy (non-hydrogen) atoms. The van der Waals surface area contributed by atoms with Gasteiger partial charge >= 0.3 is 0 Å². The van der Waals surface area contributed by atoms with E-state index >= 15 is 0 Å². The lowest BCUT2D eigenvalue weighted by Gasteiger charge is -2.20. The van der Waals surface area contributed by atoms with Crippen LogP contribution in [0.1, 0.15) is 5.01 Å². The predicted molar refractivity (Wildman–Crippen MR) is 70.6 cm³/mol. The molecule has 0 aliphatic carbocycles. The van der Waals surface area contributed by atoms with E-state index in [2.05, 4.69) is 4.98 Å². The molecule has 1 atom stereocenters. The van der Waals surface area contributed by atoms with Crippen molar-refractivity contribution in [2.75, 3.05) is 27.3 Å². The van der Waals surface area contributed by atoms with Crippen molar-refractivity contribution in [1.82, 2.24) is 9.88 Å². The van der Waals surface area contributed by atoms with Crippen molar-refractivity contribution in [3.8, 4) is 0 Å². The highest BCUT2D eigenvalue weighted by molar-refractivity contribution is 7.09. The summed E-state index contributed by atoms with van der Waals surface area (Å²) in [6, 6.07) is -0.578. The number of carbonyl (C=O) groups excluding carboxylic acids is 1. The number of rotatable bonds is 6. The third kappa shape index (κ3) is 5.45. The molecule has 1 unspecified atom stereocenters. The fourth-order valence-corrected chi connectivity index (χ4v) is 1.89. The molecular weight excluding hydrogens is 262 g/mol. The first-order valence-electron chi connectivity index (χ1n) is 5.03. The van der Waals surface area contributed by atoms with Crippen LogP contribution in [0.2, 0.25) is 0 Å². The van der Waals surface area contributed by atoms with Gasteiger partial charge in [-0.1, -0.05) is 0 Å². The smallest absolute Gasteiger partial charge is 0.241 e. The molecule has 98 valence electrons. The molecule has 0 saturated carbocycles. The number of nitrogens with zero attached hydrogens (tertiary/aromatic N) is 2. The summed E-state index contributed by atoms with van der Waals surface area (Å²) >= 11 is 1.59. The minimum atomic E-state index is -0.578. The van der Waals surface area contributed by atoms with Gasteiger partial charge in [-0.3, -0.25) is 4.79 Å². The van der Waals surface area contributed by atoms with E-state index < -0.39 is 6.04 Å². The molecule has 0 aromatic carbocycles. The van der Waals surface area contributed by atoms with Gasteiger partial charge in [-0.2, -0.15) is 0 Å². The van der Waals surface area contributed by atoms with Crippen molar-refractivity contribution in [2.45, 2.75) is 12.5 Å². The fraction of sp³-hybridized carbons (Fsp3) is 0.600. The first-order chi connectivity index (χ1) is 7.65. The standard InChI is InChI=1S/C10H17N3O2S.ClH/c1-13(10(14)8(11)7-15-2)5-3-9-12-4-6-16-9;/h4,6,8H,3,5,7,11H2,1-2H3;1H. The van der Waals surface area contributed by atoms with Crippen LogP contribution in [0.25, 0.3) is 0 Å². The first-order valence-corrected chi connectivity index (χ1v) is 5.91. The van der Waals surface area contributed by atoms with Crippen LogP contribution >= 0.6 is 23.7 Å². The van der Waals surface area contributed by atoms with E-state index in [1.54, 1.807) is 29.5 Å². The largest absolute Gasteiger partial charge is 0.383 e. The number of hydrogen-bond acceptors (Lipinski definition) is 5. The quantitative estimate of drug-likeness (QED) is 0.825. The van der Waals surface area contributed by atoms with Crippen LogP contribution in [0.5, 0.6) is 0 Å². The summed E-state index contributed by atoms with van der Waals surface area (Å²) in [7, 11) is 3.27. The maximum absolute atomic E-state index is 11.7. The number of thiazole rings is 1. The third-order valence-electron chi connectivity index (χ3n) is 2.18. The summed E-state index contributed by atoms with van der Waals surface area (Å²) in [5, 5.41) is 2.95. The average Bonchev–Trinajstić information content (AvgIpc) is 2.78. The zero-order valence-electron chi connectivity index (χ0n) is 9.96. The lowest BCUT2D eigenvalue weighted by molar-refractivity contribution is -0.132. The van der Waals surface area contributed by atoms with Crippen molar-refractivity contribution in [3.05, 3.63) is 16.6 Å². The number of hydrogen-bond donors (Lipinski definition) is 1. The van der Waals surface area contributed by atoms with Crippen molar-refractivity contribution < 1.29 is 9.53 Å². The van der Waals surface area contributed by atoms with E-state index in [0.29, 0.717) is 6.54 Å². The van der Waals surface area contributed by atoms with Crippen molar-refractivity contribution in [3.63, 3.8) is 0 Å². The molecule has 7 heteroatoms. The lowest BCUT2D eigenvalue weighted by atomic mass is 10.3. The Bertz CT molecular complexity index is 321. The van der Waals surface area contributed by atoms with Gasteiger partial charge in [-0.05, 0) is 0 Å². The first kappa shape index (κ1) is 16.3. The number of methoxy groups -OCH3 is 1. The summed E-state index contributed by atoms with van der Waals surface area (Å²) in [5.74, 6) is -0.0987. The van der Waals surface area contributed by atoms with Crippen molar-refractivity contribution in [2.24, 2.45) is 5.73 Å². The molecule has 1 rings (SSSR count). The normalized spacial score (nSPS) is 11.7. The molecule has 0 fully saturated rings. The SMILES string of the molecule is COCC(N)C(=O)N(C)CCc1nccs1.Cl. The van der Waals surface area contributed by atoms with Gasteiger partial charge in [0, 0.05) is 38.7 Å². The Morgan fingerprint density at radius 2 is 2.41 bits per heavy atom. The minimum absolute atomic E-state index is 0. The molecule has 0 aliphatic rings. The molecule has 0 radical (unpaired) electrons. The van der Waals surface area contributed by atoms with Gasteiger partial charge in [-0.15, -0.1) is 23.7 Å². The summed E-state index contributed by atoms with van der Waals surface area (Å²) in [6.45, 7) is 0.879. The Balaban J connectivity index is 0.00000256. The number of likely N-dealkylation sites (N-methyl/N-ethyl adjacent to an activating group) is 1. The van der Waals surface area contributed by atoms with Crippen molar-refractivity contribution in [1.29, 1.82) is 0 Å². The van der Waals surface area contributed by atoms with Gasteiger partial charge in [0.25, 0.3) is 0 Å². The maximum Gasteiger partial charge on any atom is 0.241 e. The number of carbonyl (C=O) groups is 1. The predicted octanol–water partition coefficient (Wildman–Crippen LogP) is 0.540. The zero-order chi connectivity index (χ0) is 12.0. The van der Waals surface area contributed by atoms with Crippen LogP contribution < -0.4 is 5.73 Å². The molecular formula is C10H18ClN3O2S. The van der Waals surface area contributed by atoms with Gasteiger partial charge in [-0.25, -0.2) is 4.98 Å². The molecule has 1 heterocycles. The average molecular weight is 280 g/mol. The van der Waals surface area contributed by atoms with E-state index in [0.717, 1.165) is 11.4 Å². The molecule has 0 saturated heterocycles. The van der Waals surface area contributed by atoms with Crippen LogP contribution in [-0.2, 0) is 16.0 Å². The molecule has 2 N–H and O–H groups in total. The molecule has 1 aromatic rings. The molecule has 0 bridgehead atoms. The number of nitrogens with two attached hydrogens (primary N) is 1. The van der Waals surface area contributed by atoms with Gasteiger partial charge in [0.1, 0.15) is 6.04 Å². The monoisotopic (exact) mass is 279 g/mol. The Morgan fingerprint density at radius 1 is 1.71 bits per heavy atom. The van der Waals surface area contributed by atoms with Crippen LogP contribution in [0.4, 0.5) is 0 Å². The van der Waals surface area contributed by atoms with Crippen LogP contribution in [-0.4, -0.2) is 49.1 Å². The highest BCUT2D eigenvalue weighted by Gasteiger charge is 2.17. The molecule has 1 aromatic heterocycles. The molecule has 0 spiro atoms. The Kier molecular flexibility index (Phi) is 8.07. The number of aromatic nitrogens is 1. The summed E-state index contributed by atoms with van der Waals surface area (Å²) in [6.07, 6.45) is 2.53. The van der Waals surface area contributed by atoms with E-state index in [1.807, 2.05) is 5.38 Å². The van der Waals surface area contributed by atoms with Crippen molar-refractivity contribution >= 4 is 29.7 Å². The van der Waals surface area contributed by atoms with E-state index in [9.17, 15) is 4.79 Å². The second kappa shape index (κ2) is 8.41. The van der Waals surface area contributed by atoms with Gasteiger partial charge < -0.3 is 15.4 Å². The van der Waals surface area contributed by atoms with E-state index in [1.165, 1.54) is 7.11 Å². The molecule has 0 aliphatic heterocycles. The zero-order valence-corrected chi connectivity index (χ0v) is 11.6. The number of ether oxygens (including phenoxy) is 1. The summed E-state index contributed by atoms with van der Waals surface area (Å²) in [5.41, 5.74) is 5.65. The van der Waals surface area contributed by atoms with Crippen LogP contribution in [0.3, 0.4) is 0 Å². The van der Waals surface area contributed by atoms with Crippen LogP contribution in [0.15, 0.2) is 11.6 Å². The Labute approximate surface area is 111 Å². The van der Waals surface area contributed by atoms with E-state index in [-0.39, 0.29) is 24.9 Å².